The first-order valence-corrected chi connectivity index (χ1v) is 12.7. The van der Waals surface area contributed by atoms with Gasteiger partial charge in [0.25, 0.3) is 0 Å². The minimum Gasteiger partial charge on any atom is -0.300 e. The highest BCUT2D eigenvalue weighted by Gasteiger charge is 2.49. The van der Waals surface area contributed by atoms with Crippen molar-refractivity contribution in [2.75, 3.05) is 13.1 Å². The molecule has 0 aromatic heterocycles. The van der Waals surface area contributed by atoms with Gasteiger partial charge in [0.1, 0.15) is 5.78 Å². The Morgan fingerprint density at radius 3 is 2.35 bits per heavy atom. The fraction of sp³-hybridized carbons (Fsp3) is 0.500. The minimum atomic E-state index is -3.57. The van der Waals surface area contributed by atoms with E-state index in [-0.39, 0.29) is 16.7 Å². The van der Waals surface area contributed by atoms with Gasteiger partial charge in [-0.3, -0.25) is 4.79 Å². The summed E-state index contributed by atoms with van der Waals surface area (Å²) in [6.45, 7) is 7.35. The molecule has 1 saturated carbocycles. The number of piperidine rings is 1. The maximum absolute atomic E-state index is 13.5. The van der Waals surface area contributed by atoms with Crippen LogP contribution in [0.1, 0.15) is 57.6 Å². The van der Waals surface area contributed by atoms with E-state index < -0.39 is 10.0 Å². The monoisotopic (exact) mass is 439 g/mol. The second-order valence-corrected chi connectivity index (χ2v) is 12.3. The largest absolute Gasteiger partial charge is 0.300 e. The van der Waals surface area contributed by atoms with Gasteiger partial charge in [0.2, 0.25) is 10.0 Å². The molecule has 5 heteroatoms. The summed E-state index contributed by atoms with van der Waals surface area (Å²) >= 11 is 0. The molecule has 2 atom stereocenters. The Hall–Kier alpha value is -1.98. The number of carbonyl (C=O) groups is 1. The van der Waals surface area contributed by atoms with Gasteiger partial charge in [-0.05, 0) is 59.3 Å². The molecule has 1 heterocycles. The highest BCUT2D eigenvalue weighted by Crippen LogP contribution is 2.48. The van der Waals surface area contributed by atoms with E-state index in [0.717, 1.165) is 24.8 Å². The van der Waals surface area contributed by atoms with Crippen molar-refractivity contribution in [3.8, 4) is 0 Å². The zero-order valence-electron chi connectivity index (χ0n) is 18.8. The third-order valence-electron chi connectivity index (χ3n) is 7.22. The zero-order valence-corrected chi connectivity index (χ0v) is 19.6. The number of ketones is 1. The number of hydrogen-bond acceptors (Lipinski definition) is 3. The van der Waals surface area contributed by atoms with Gasteiger partial charge in [-0.15, -0.1) is 0 Å². The Balaban J connectivity index is 1.63. The first kappa shape index (κ1) is 22.2. The number of sulfonamides is 1. The van der Waals surface area contributed by atoms with Crippen molar-refractivity contribution in [3.05, 3.63) is 65.7 Å². The molecule has 1 aliphatic heterocycles. The molecule has 166 valence electrons. The predicted octanol–water partition coefficient (Wildman–Crippen LogP) is 4.98. The predicted molar refractivity (Wildman–Crippen MR) is 123 cm³/mol. The van der Waals surface area contributed by atoms with Gasteiger partial charge in [0, 0.05) is 25.9 Å². The van der Waals surface area contributed by atoms with Crippen LogP contribution in [0.3, 0.4) is 0 Å². The van der Waals surface area contributed by atoms with E-state index in [1.165, 1.54) is 5.56 Å². The normalized spacial score (nSPS) is 25.3. The molecule has 0 spiro atoms. The number of nitrogens with zero attached hydrogens (tertiary/aromatic N) is 1. The number of benzene rings is 2. The first-order chi connectivity index (χ1) is 14.6. The van der Waals surface area contributed by atoms with E-state index in [1.54, 1.807) is 16.4 Å². The number of carbonyl (C=O) groups excluding carboxylic acids is 1. The summed E-state index contributed by atoms with van der Waals surface area (Å²) in [5.41, 5.74) is 2.15. The number of rotatable bonds is 4. The molecule has 31 heavy (non-hydrogen) atoms. The van der Waals surface area contributed by atoms with Crippen molar-refractivity contribution in [2.45, 2.75) is 63.2 Å². The van der Waals surface area contributed by atoms with Crippen LogP contribution in [0.25, 0.3) is 0 Å². The quantitative estimate of drug-likeness (QED) is 0.675. The van der Waals surface area contributed by atoms with Gasteiger partial charge >= 0.3 is 0 Å². The summed E-state index contributed by atoms with van der Waals surface area (Å²) < 4.78 is 28.8. The van der Waals surface area contributed by atoms with Crippen LogP contribution >= 0.6 is 0 Å². The van der Waals surface area contributed by atoms with Crippen molar-refractivity contribution in [1.29, 1.82) is 0 Å². The van der Waals surface area contributed by atoms with Crippen LogP contribution in [0.15, 0.2) is 59.5 Å². The molecule has 1 aliphatic carbocycles. The van der Waals surface area contributed by atoms with Gasteiger partial charge in [-0.1, -0.05) is 63.2 Å². The molecule has 0 radical (unpaired) electrons. The van der Waals surface area contributed by atoms with Gasteiger partial charge in [0.05, 0.1) is 4.90 Å². The lowest BCUT2D eigenvalue weighted by Crippen LogP contribution is -2.54. The van der Waals surface area contributed by atoms with E-state index in [2.05, 4.69) is 32.9 Å². The summed E-state index contributed by atoms with van der Waals surface area (Å²) in [6.07, 6.45) is 3.47. The summed E-state index contributed by atoms with van der Waals surface area (Å²) in [5.74, 6) is 0.575. The second kappa shape index (κ2) is 8.18. The van der Waals surface area contributed by atoms with Crippen molar-refractivity contribution >= 4 is 15.8 Å². The number of Topliss-reactive ketones (excluding diaryl/α,β-unsaturated/α-hetero) is 1. The Labute approximate surface area is 186 Å². The Bertz CT molecular complexity index is 1040. The SMILES string of the molecule is CC(C)(C)c1ccc(S(=O)(=O)N2CC[C@H]3CC(=O)CC[C@]3(Cc3ccccc3)C2)cc1. The average molecular weight is 440 g/mol. The molecule has 2 aromatic rings. The van der Waals surface area contributed by atoms with Crippen molar-refractivity contribution in [2.24, 2.45) is 11.3 Å². The average Bonchev–Trinajstić information content (AvgIpc) is 2.74. The molecule has 4 rings (SSSR count). The number of fused-ring (bicyclic) bond motifs is 1. The van der Waals surface area contributed by atoms with Gasteiger partial charge in [-0.25, -0.2) is 8.42 Å². The second-order valence-electron chi connectivity index (χ2n) is 10.4. The molecule has 0 amide bonds. The molecule has 0 unspecified atom stereocenters. The standard InChI is InChI=1S/C26H33NO3S/c1-25(2,3)21-9-11-24(12-10-21)31(29,30)27-16-14-22-17-23(28)13-15-26(22,19-27)18-20-7-5-4-6-8-20/h4-12,22H,13-19H2,1-3H3/t22-,26-/m0/s1. The highest BCUT2D eigenvalue weighted by molar-refractivity contribution is 7.89. The molecule has 4 nitrogen and oxygen atoms in total. The third-order valence-corrected chi connectivity index (χ3v) is 9.08. The highest BCUT2D eigenvalue weighted by atomic mass is 32.2. The molecular formula is C26H33NO3S. The van der Waals surface area contributed by atoms with Gasteiger partial charge in [0.15, 0.2) is 0 Å². The lowest BCUT2D eigenvalue weighted by molar-refractivity contribution is -0.126. The lowest BCUT2D eigenvalue weighted by Gasteiger charge is -2.50. The maximum Gasteiger partial charge on any atom is 0.243 e. The van der Waals surface area contributed by atoms with E-state index in [9.17, 15) is 13.2 Å². The van der Waals surface area contributed by atoms with Gasteiger partial charge < -0.3 is 0 Å². The molecule has 2 aromatic carbocycles. The number of hydrogen-bond donors (Lipinski definition) is 0. The van der Waals surface area contributed by atoms with Gasteiger partial charge in [-0.2, -0.15) is 4.31 Å². The lowest BCUT2D eigenvalue weighted by atomic mass is 9.60. The minimum absolute atomic E-state index is 0.0188. The van der Waals surface area contributed by atoms with Crippen LogP contribution in [-0.2, 0) is 26.7 Å². The summed E-state index contributed by atoms with van der Waals surface area (Å²) in [6, 6.07) is 17.6. The Morgan fingerprint density at radius 2 is 1.71 bits per heavy atom. The summed E-state index contributed by atoms with van der Waals surface area (Å²) in [7, 11) is -3.57. The Kier molecular flexibility index (Phi) is 5.86. The fourth-order valence-corrected chi connectivity index (χ4v) is 6.86. The van der Waals surface area contributed by atoms with Crippen LogP contribution in [0, 0.1) is 11.3 Å². The first-order valence-electron chi connectivity index (χ1n) is 11.3. The van der Waals surface area contributed by atoms with Crippen LogP contribution in [0.5, 0.6) is 0 Å². The zero-order chi connectivity index (χ0) is 22.3. The van der Waals surface area contributed by atoms with Crippen LogP contribution in [-0.4, -0.2) is 31.6 Å². The van der Waals surface area contributed by atoms with Crippen molar-refractivity contribution < 1.29 is 13.2 Å². The van der Waals surface area contributed by atoms with E-state index in [1.807, 2.05) is 30.3 Å². The topological polar surface area (TPSA) is 54.5 Å². The van der Waals surface area contributed by atoms with Crippen molar-refractivity contribution in [3.63, 3.8) is 0 Å². The van der Waals surface area contributed by atoms with Crippen LogP contribution < -0.4 is 0 Å². The molecule has 0 N–H and O–H groups in total. The van der Waals surface area contributed by atoms with Crippen molar-refractivity contribution in [1.82, 2.24) is 4.31 Å². The van der Waals surface area contributed by atoms with E-state index in [0.29, 0.717) is 36.6 Å². The third kappa shape index (κ3) is 4.49. The molecule has 1 saturated heterocycles. The molecule has 2 fully saturated rings. The van der Waals surface area contributed by atoms with E-state index >= 15 is 0 Å². The van der Waals surface area contributed by atoms with Crippen LogP contribution in [0.2, 0.25) is 0 Å². The molecule has 0 bridgehead atoms. The molecule has 2 aliphatic rings. The van der Waals surface area contributed by atoms with Crippen LogP contribution in [0.4, 0.5) is 0 Å². The fourth-order valence-electron chi connectivity index (χ4n) is 5.30. The summed E-state index contributed by atoms with van der Waals surface area (Å²) in [4.78, 5) is 12.6. The maximum atomic E-state index is 13.5. The Morgan fingerprint density at radius 1 is 1.03 bits per heavy atom. The molecular weight excluding hydrogens is 406 g/mol. The summed E-state index contributed by atoms with van der Waals surface area (Å²) in [5, 5.41) is 0. The smallest absolute Gasteiger partial charge is 0.243 e. The van der Waals surface area contributed by atoms with E-state index in [4.69, 9.17) is 0 Å².